The lowest BCUT2D eigenvalue weighted by Gasteiger charge is -2.08. The molecule has 9 heteroatoms. The standard InChI is InChI=1S/C16H13Cl2N3O4/c17-13-5-4-11(9-14(13)18)16(23)20-7-6-19-15(22)10-2-1-3-12(8-10)21(24)25/h1-5,8-9H,6-7H2,(H,19,22)(H,20,23). The van der Waals surface area contributed by atoms with Crippen LogP contribution in [0.2, 0.25) is 10.0 Å². The molecule has 0 fully saturated rings. The van der Waals surface area contributed by atoms with Crippen LogP contribution < -0.4 is 10.6 Å². The summed E-state index contributed by atoms with van der Waals surface area (Å²) in [5.74, 6) is -0.823. The monoisotopic (exact) mass is 381 g/mol. The van der Waals surface area contributed by atoms with Gasteiger partial charge in [-0.3, -0.25) is 19.7 Å². The number of nitrogens with one attached hydrogen (secondary N) is 2. The average Bonchev–Trinajstić information content (AvgIpc) is 2.60. The first-order chi connectivity index (χ1) is 11.9. The summed E-state index contributed by atoms with van der Waals surface area (Å²) in [6.07, 6.45) is 0. The Kier molecular flexibility index (Phi) is 6.32. The number of hydrogen-bond donors (Lipinski definition) is 2. The molecule has 130 valence electrons. The van der Waals surface area contributed by atoms with Crippen molar-refractivity contribution in [2.45, 2.75) is 0 Å². The molecule has 0 radical (unpaired) electrons. The molecule has 2 amide bonds. The van der Waals surface area contributed by atoms with Crippen molar-refractivity contribution in [3.05, 3.63) is 73.8 Å². The number of carbonyl (C=O) groups is 2. The minimum absolute atomic E-state index is 0.161. The van der Waals surface area contributed by atoms with Gasteiger partial charge in [0.05, 0.1) is 15.0 Å². The number of carbonyl (C=O) groups excluding carboxylic acids is 2. The highest BCUT2D eigenvalue weighted by Gasteiger charge is 2.11. The highest BCUT2D eigenvalue weighted by molar-refractivity contribution is 6.42. The van der Waals surface area contributed by atoms with Crippen LogP contribution in [0.5, 0.6) is 0 Å². The quantitative estimate of drug-likeness (QED) is 0.456. The third kappa shape index (κ3) is 5.17. The van der Waals surface area contributed by atoms with E-state index in [2.05, 4.69) is 10.6 Å². The zero-order valence-corrected chi connectivity index (χ0v) is 14.3. The van der Waals surface area contributed by atoms with E-state index in [1.54, 1.807) is 0 Å². The Morgan fingerprint density at radius 2 is 1.52 bits per heavy atom. The number of nitro benzene ring substituents is 1. The van der Waals surface area contributed by atoms with Crippen molar-refractivity contribution in [3.63, 3.8) is 0 Å². The molecule has 2 aromatic rings. The van der Waals surface area contributed by atoms with E-state index in [-0.39, 0.29) is 35.3 Å². The molecular formula is C16H13Cl2N3O4. The Bertz CT molecular complexity index is 827. The molecular weight excluding hydrogens is 369 g/mol. The number of nitrogens with zero attached hydrogens (tertiary/aromatic N) is 1. The van der Waals surface area contributed by atoms with Gasteiger partial charge in [-0.05, 0) is 24.3 Å². The fourth-order valence-corrected chi connectivity index (χ4v) is 2.25. The summed E-state index contributed by atoms with van der Waals surface area (Å²) in [6.45, 7) is 0.342. The van der Waals surface area contributed by atoms with Gasteiger partial charge in [-0.1, -0.05) is 29.3 Å². The molecule has 0 aliphatic rings. The lowest BCUT2D eigenvalue weighted by atomic mass is 10.2. The number of non-ortho nitro benzene ring substituents is 1. The van der Waals surface area contributed by atoms with Gasteiger partial charge in [0.2, 0.25) is 0 Å². The summed E-state index contributed by atoms with van der Waals surface area (Å²) in [7, 11) is 0. The van der Waals surface area contributed by atoms with Crippen LogP contribution in [-0.2, 0) is 0 Å². The number of hydrogen-bond acceptors (Lipinski definition) is 4. The van der Waals surface area contributed by atoms with Crippen molar-refractivity contribution in [2.24, 2.45) is 0 Å². The Morgan fingerprint density at radius 1 is 0.920 bits per heavy atom. The number of halogens is 2. The fraction of sp³-hybridized carbons (Fsp3) is 0.125. The third-order valence-corrected chi connectivity index (χ3v) is 3.94. The molecule has 2 rings (SSSR count). The molecule has 0 spiro atoms. The maximum Gasteiger partial charge on any atom is 0.270 e. The molecule has 0 heterocycles. The third-order valence-electron chi connectivity index (χ3n) is 3.20. The van der Waals surface area contributed by atoms with Gasteiger partial charge >= 0.3 is 0 Å². The van der Waals surface area contributed by atoms with Gasteiger partial charge in [-0.25, -0.2) is 0 Å². The van der Waals surface area contributed by atoms with Gasteiger partial charge in [-0.2, -0.15) is 0 Å². The second-order valence-electron chi connectivity index (χ2n) is 4.95. The van der Waals surface area contributed by atoms with Gasteiger partial charge < -0.3 is 10.6 Å². The lowest BCUT2D eigenvalue weighted by Crippen LogP contribution is -2.34. The molecule has 2 aromatic carbocycles. The van der Waals surface area contributed by atoms with Gasteiger partial charge in [0.15, 0.2) is 0 Å². The van der Waals surface area contributed by atoms with E-state index in [0.29, 0.717) is 10.6 Å². The first-order valence-corrected chi connectivity index (χ1v) is 7.90. The van der Waals surface area contributed by atoms with E-state index in [4.69, 9.17) is 23.2 Å². The molecule has 25 heavy (non-hydrogen) atoms. The summed E-state index contributed by atoms with van der Waals surface area (Å²) in [4.78, 5) is 34.0. The van der Waals surface area contributed by atoms with E-state index < -0.39 is 10.8 Å². The topological polar surface area (TPSA) is 101 Å². The molecule has 0 aliphatic carbocycles. The number of amides is 2. The van der Waals surface area contributed by atoms with Crippen molar-refractivity contribution in [1.82, 2.24) is 10.6 Å². The number of rotatable bonds is 6. The van der Waals surface area contributed by atoms with Crippen molar-refractivity contribution >= 4 is 40.7 Å². The summed E-state index contributed by atoms with van der Waals surface area (Å²) in [5.41, 5.74) is 0.352. The smallest absolute Gasteiger partial charge is 0.270 e. The SMILES string of the molecule is O=C(NCCNC(=O)c1ccc(Cl)c(Cl)c1)c1cccc([N+](=O)[O-])c1. The van der Waals surface area contributed by atoms with Crippen molar-refractivity contribution in [2.75, 3.05) is 13.1 Å². The zero-order chi connectivity index (χ0) is 18.4. The van der Waals surface area contributed by atoms with Gasteiger partial charge in [0, 0.05) is 36.3 Å². The van der Waals surface area contributed by atoms with Crippen LogP contribution in [0.1, 0.15) is 20.7 Å². The van der Waals surface area contributed by atoms with E-state index in [0.717, 1.165) is 0 Å². The molecule has 0 saturated heterocycles. The van der Waals surface area contributed by atoms with Gasteiger partial charge in [0.25, 0.3) is 17.5 Å². The van der Waals surface area contributed by atoms with Gasteiger partial charge in [-0.15, -0.1) is 0 Å². The second kappa shape index (κ2) is 8.46. The van der Waals surface area contributed by atoms with Crippen molar-refractivity contribution < 1.29 is 14.5 Å². The largest absolute Gasteiger partial charge is 0.350 e. The average molecular weight is 382 g/mol. The van der Waals surface area contributed by atoms with Crippen LogP contribution in [0, 0.1) is 10.1 Å². The Balaban J connectivity index is 1.83. The van der Waals surface area contributed by atoms with E-state index >= 15 is 0 Å². The predicted octanol–water partition coefficient (Wildman–Crippen LogP) is 3.06. The van der Waals surface area contributed by atoms with Crippen molar-refractivity contribution in [1.29, 1.82) is 0 Å². The highest BCUT2D eigenvalue weighted by atomic mass is 35.5. The molecule has 0 bridgehead atoms. The Hall–Kier alpha value is -2.64. The fourth-order valence-electron chi connectivity index (χ4n) is 1.95. The first-order valence-electron chi connectivity index (χ1n) is 7.14. The van der Waals surface area contributed by atoms with E-state index in [1.165, 1.54) is 42.5 Å². The lowest BCUT2D eigenvalue weighted by molar-refractivity contribution is -0.384. The maximum atomic E-state index is 11.9. The van der Waals surface area contributed by atoms with Crippen LogP contribution in [-0.4, -0.2) is 29.8 Å². The minimum atomic E-state index is -0.575. The van der Waals surface area contributed by atoms with Gasteiger partial charge in [0.1, 0.15) is 0 Å². The molecule has 0 aliphatic heterocycles. The van der Waals surface area contributed by atoms with Crippen LogP contribution in [0.25, 0.3) is 0 Å². The normalized spacial score (nSPS) is 10.2. The van der Waals surface area contributed by atoms with E-state index in [1.807, 2.05) is 0 Å². The minimum Gasteiger partial charge on any atom is -0.350 e. The molecule has 0 unspecified atom stereocenters. The number of benzene rings is 2. The molecule has 2 N–H and O–H groups in total. The van der Waals surface area contributed by atoms with Crippen LogP contribution in [0.4, 0.5) is 5.69 Å². The molecule has 0 atom stereocenters. The molecule has 0 saturated carbocycles. The van der Waals surface area contributed by atoms with Crippen LogP contribution in [0.3, 0.4) is 0 Å². The Labute approximate surface area is 153 Å². The highest BCUT2D eigenvalue weighted by Crippen LogP contribution is 2.22. The molecule has 0 aromatic heterocycles. The summed E-state index contributed by atoms with van der Waals surface area (Å²) < 4.78 is 0. The summed E-state index contributed by atoms with van der Waals surface area (Å²) in [6, 6.07) is 9.88. The summed E-state index contributed by atoms with van der Waals surface area (Å²) in [5, 5.41) is 16.5. The second-order valence-corrected chi connectivity index (χ2v) is 5.76. The Morgan fingerprint density at radius 3 is 2.08 bits per heavy atom. The first kappa shape index (κ1) is 18.7. The summed E-state index contributed by atoms with van der Waals surface area (Å²) >= 11 is 11.6. The van der Waals surface area contributed by atoms with Crippen LogP contribution >= 0.6 is 23.2 Å². The maximum absolute atomic E-state index is 11.9. The van der Waals surface area contributed by atoms with E-state index in [9.17, 15) is 19.7 Å². The predicted molar refractivity (Wildman–Crippen MR) is 94.2 cm³/mol. The van der Waals surface area contributed by atoms with Crippen LogP contribution in [0.15, 0.2) is 42.5 Å². The van der Waals surface area contributed by atoms with Crippen molar-refractivity contribution in [3.8, 4) is 0 Å². The zero-order valence-electron chi connectivity index (χ0n) is 12.8. The molecule has 7 nitrogen and oxygen atoms in total. The number of nitro groups is 1.